The molecule has 1 aliphatic carbocycles. The number of methoxy groups -OCH3 is 1. The van der Waals surface area contributed by atoms with Crippen LogP contribution in [-0.4, -0.2) is 7.11 Å². The largest absolute Gasteiger partial charge is 0.497 e. The minimum Gasteiger partial charge on any atom is -0.497 e. The lowest BCUT2D eigenvalue weighted by atomic mass is 9.91. The lowest BCUT2D eigenvalue weighted by Crippen LogP contribution is -2.07. The molecule has 1 nitrogen and oxygen atoms in total. The molecule has 0 spiro atoms. The van der Waals surface area contributed by atoms with E-state index < -0.39 is 0 Å². The molecule has 2 atom stereocenters. The molecule has 0 aromatic heterocycles. The van der Waals surface area contributed by atoms with Crippen LogP contribution >= 0.6 is 0 Å². The number of hydrogen-bond acceptors (Lipinski definition) is 1. The van der Waals surface area contributed by atoms with Gasteiger partial charge in [0.05, 0.1) is 7.11 Å². The van der Waals surface area contributed by atoms with E-state index in [0.717, 1.165) is 5.76 Å². The minimum absolute atomic E-state index is 0.611. The first-order valence-electron chi connectivity index (χ1n) is 3.68. The van der Waals surface area contributed by atoms with Gasteiger partial charge in [-0.15, -0.1) is 0 Å². The molecule has 1 heteroatoms. The van der Waals surface area contributed by atoms with Gasteiger partial charge in [-0.1, -0.05) is 19.9 Å². The summed E-state index contributed by atoms with van der Waals surface area (Å²) in [4.78, 5) is 0. The van der Waals surface area contributed by atoms with Gasteiger partial charge in [-0.25, -0.2) is 0 Å². The highest BCUT2D eigenvalue weighted by atomic mass is 16.5. The fourth-order valence-electron chi connectivity index (χ4n) is 1.02. The number of ether oxygens (including phenoxy) is 1. The maximum atomic E-state index is 5.08. The summed E-state index contributed by atoms with van der Waals surface area (Å²) in [6.45, 7) is 4.41. The monoisotopic (exact) mass is 138 g/mol. The Balaban J connectivity index is 2.66. The van der Waals surface area contributed by atoms with Crippen molar-refractivity contribution in [3.63, 3.8) is 0 Å². The van der Waals surface area contributed by atoms with Crippen molar-refractivity contribution in [1.29, 1.82) is 0 Å². The van der Waals surface area contributed by atoms with Crippen molar-refractivity contribution >= 4 is 0 Å². The van der Waals surface area contributed by atoms with Crippen molar-refractivity contribution in [1.82, 2.24) is 0 Å². The van der Waals surface area contributed by atoms with Crippen LogP contribution in [0.2, 0.25) is 0 Å². The normalized spacial score (nSPS) is 31.7. The minimum atomic E-state index is 0.611. The van der Waals surface area contributed by atoms with Crippen molar-refractivity contribution in [2.45, 2.75) is 13.8 Å². The summed E-state index contributed by atoms with van der Waals surface area (Å²) in [5.74, 6) is 2.25. The van der Waals surface area contributed by atoms with Crippen molar-refractivity contribution in [3.05, 3.63) is 24.0 Å². The molecule has 10 heavy (non-hydrogen) atoms. The van der Waals surface area contributed by atoms with E-state index in [0.29, 0.717) is 11.8 Å². The Morgan fingerprint density at radius 3 is 2.50 bits per heavy atom. The van der Waals surface area contributed by atoms with Crippen LogP contribution in [0.15, 0.2) is 24.0 Å². The third-order valence-corrected chi connectivity index (χ3v) is 2.06. The summed E-state index contributed by atoms with van der Waals surface area (Å²) in [5.41, 5.74) is 0. The summed E-state index contributed by atoms with van der Waals surface area (Å²) >= 11 is 0. The third kappa shape index (κ3) is 1.41. The Morgan fingerprint density at radius 1 is 1.30 bits per heavy atom. The van der Waals surface area contributed by atoms with Crippen LogP contribution in [0.1, 0.15) is 13.8 Å². The van der Waals surface area contributed by atoms with Crippen LogP contribution in [0, 0.1) is 11.8 Å². The fraction of sp³-hybridized carbons (Fsp3) is 0.556. The van der Waals surface area contributed by atoms with E-state index in [2.05, 4.69) is 26.0 Å². The molecule has 0 heterocycles. The maximum Gasteiger partial charge on any atom is 0.114 e. The van der Waals surface area contributed by atoms with Gasteiger partial charge in [0.2, 0.25) is 0 Å². The predicted octanol–water partition coefficient (Wildman–Crippen LogP) is 2.36. The van der Waals surface area contributed by atoms with Crippen LogP contribution in [0.3, 0.4) is 0 Å². The third-order valence-electron chi connectivity index (χ3n) is 2.06. The van der Waals surface area contributed by atoms with E-state index in [1.807, 2.05) is 6.08 Å². The van der Waals surface area contributed by atoms with Gasteiger partial charge in [-0.3, -0.25) is 0 Å². The SMILES string of the molecule is COC1=C[C@@H](C)[C@@H](C)C=C1. The Kier molecular flexibility index (Phi) is 2.15. The molecular formula is C9H14O. The van der Waals surface area contributed by atoms with Crippen LogP contribution in [0.5, 0.6) is 0 Å². The quantitative estimate of drug-likeness (QED) is 0.540. The molecule has 0 N–H and O–H groups in total. The zero-order chi connectivity index (χ0) is 7.56. The summed E-state index contributed by atoms with van der Waals surface area (Å²) in [7, 11) is 1.71. The molecule has 0 amide bonds. The first kappa shape index (κ1) is 7.39. The van der Waals surface area contributed by atoms with Gasteiger partial charge in [-0.2, -0.15) is 0 Å². The number of rotatable bonds is 1. The number of hydrogen-bond donors (Lipinski definition) is 0. The van der Waals surface area contributed by atoms with Gasteiger partial charge in [0.1, 0.15) is 5.76 Å². The zero-order valence-corrected chi connectivity index (χ0v) is 6.79. The highest BCUT2D eigenvalue weighted by Crippen LogP contribution is 2.21. The second-order valence-electron chi connectivity index (χ2n) is 2.85. The second kappa shape index (κ2) is 2.91. The lowest BCUT2D eigenvalue weighted by molar-refractivity contribution is 0.296. The Labute approximate surface area is 62.4 Å². The Bertz CT molecular complexity index is 168. The zero-order valence-electron chi connectivity index (χ0n) is 6.79. The topological polar surface area (TPSA) is 9.23 Å². The standard InChI is InChI=1S/C9H14O/c1-7-4-5-9(10-3)6-8(7)2/h4-8H,1-3H3/t7-,8+/m0/s1. The molecular weight excluding hydrogens is 124 g/mol. The van der Waals surface area contributed by atoms with E-state index in [4.69, 9.17) is 4.74 Å². The summed E-state index contributed by atoms with van der Waals surface area (Å²) in [6.07, 6.45) is 6.37. The average Bonchev–Trinajstić information content (AvgIpc) is 1.95. The van der Waals surface area contributed by atoms with E-state index in [1.54, 1.807) is 7.11 Å². The molecule has 0 bridgehead atoms. The van der Waals surface area contributed by atoms with Crippen molar-refractivity contribution in [3.8, 4) is 0 Å². The van der Waals surface area contributed by atoms with Crippen LogP contribution in [0.4, 0.5) is 0 Å². The molecule has 0 saturated heterocycles. The molecule has 0 aliphatic heterocycles. The van der Waals surface area contributed by atoms with Gasteiger partial charge < -0.3 is 4.74 Å². The molecule has 0 unspecified atom stereocenters. The Hall–Kier alpha value is -0.720. The summed E-state index contributed by atoms with van der Waals surface area (Å²) < 4.78 is 5.08. The molecule has 0 saturated carbocycles. The van der Waals surface area contributed by atoms with Crippen molar-refractivity contribution in [2.24, 2.45) is 11.8 Å². The van der Waals surface area contributed by atoms with Gasteiger partial charge in [0.15, 0.2) is 0 Å². The molecule has 0 aromatic carbocycles. The van der Waals surface area contributed by atoms with Crippen molar-refractivity contribution in [2.75, 3.05) is 7.11 Å². The van der Waals surface area contributed by atoms with E-state index >= 15 is 0 Å². The second-order valence-corrected chi connectivity index (χ2v) is 2.85. The summed E-state index contributed by atoms with van der Waals surface area (Å²) in [6, 6.07) is 0. The fourth-order valence-corrected chi connectivity index (χ4v) is 1.02. The molecule has 0 aromatic rings. The first-order chi connectivity index (χ1) is 4.74. The van der Waals surface area contributed by atoms with Crippen LogP contribution in [0.25, 0.3) is 0 Å². The molecule has 56 valence electrons. The Morgan fingerprint density at radius 2 is 2.00 bits per heavy atom. The molecule has 0 radical (unpaired) electrons. The molecule has 1 aliphatic rings. The molecule has 0 fully saturated rings. The van der Waals surface area contributed by atoms with Gasteiger partial charge in [-0.05, 0) is 24.0 Å². The maximum absolute atomic E-state index is 5.08. The van der Waals surface area contributed by atoms with Crippen molar-refractivity contribution < 1.29 is 4.74 Å². The number of allylic oxidation sites excluding steroid dienone is 3. The van der Waals surface area contributed by atoms with Crippen LogP contribution in [-0.2, 0) is 4.74 Å². The van der Waals surface area contributed by atoms with Gasteiger partial charge in [0, 0.05) is 0 Å². The average molecular weight is 138 g/mol. The first-order valence-corrected chi connectivity index (χ1v) is 3.68. The molecule has 1 rings (SSSR count). The highest BCUT2D eigenvalue weighted by Gasteiger charge is 2.11. The van der Waals surface area contributed by atoms with Gasteiger partial charge >= 0.3 is 0 Å². The van der Waals surface area contributed by atoms with E-state index in [1.165, 1.54) is 0 Å². The highest BCUT2D eigenvalue weighted by molar-refractivity contribution is 5.19. The van der Waals surface area contributed by atoms with E-state index in [-0.39, 0.29) is 0 Å². The van der Waals surface area contributed by atoms with E-state index in [9.17, 15) is 0 Å². The van der Waals surface area contributed by atoms with Gasteiger partial charge in [0.25, 0.3) is 0 Å². The summed E-state index contributed by atoms with van der Waals surface area (Å²) in [5, 5.41) is 0. The van der Waals surface area contributed by atoms with Crippen LogP contribution < -0.4 is 0 Å². The predicted molar refractivity (Wildman–Crippen MR) is 42.6 cm³/mol. The lowest BCUT2D eigenvalue weighted by Gasteiger charge is -2.17. The smallest absolute Gasteiger partial charge is 0.114 e.